The first-order valence-electron chi connectivity index (χ1n) is 7.04. The Bertz CT molecular complexity index is 752. The van der Waals surface area contributed by atoms with Crippen LogP contribution in [-0.2, 0) is 11.2 Å². The molecule has 2 N–H and O–H groups in total. The molecule has 0 radical (unpaired) electrons. The van der Waals surface area contributed by atoms with E-state index >= 15 is 0 Å². The van der Waals surface area contributed by atoms with Crippen LogP contribution in [0.1, 0.15) is 17.0 Å². The molecule has 0 unspecified atom stereocenters. The van der Waals surface area contributed by atoms with Crippen LogP contribution in [0.3, 0.4) is 0 Å². The van der Waals surface area contributed by atoms with Crippen LogP contribution in [-0.4, -0.2) is 25.9 Å². The molecule has 0 bridgehead atoms. The fourth-order valence-corrected chi connectivity index (χ4v) is 2.32. The molecular formula is C16H17N5O. The molecule has 1 amide bonds. The van der Waals surface area contributed by atoms with Gasteiger partial charge in [0, 0.05) is 29.3 Å². The highest BCUT2D eigenvalue weighted by Gasteiger charge is 2.11. The number of carbonyl (C=O) groups is 1. The Labute approximate surface area is 128 Å². The van der Waals surface area contributed by atoms with Gasteiger partial charge in [-0.2, -0.15) is 10.2 Å². The Morgan fingerprint density at radius 1 is 1.27 bits per heavy atom. The first kappa shape index (κ1) is 14.1. The maximum absolute atomic E-state index is 12.1. The number of benzene rings is 1. The van der Waals surface area contributed by atoms with Gasteiger partial charge in [0.15, 0.2) is 0 Å². The van der Waals surface area contributed by atoms with Gasteiger partial charge in [-0.05, 0) is 44.2 Å². The van der Waals surface area contributed by atoms with Crippen molar-refractivity contribution in [2.24, 2.45) is 0 Å². The summed E-state index contributed by atoms with van der Waals surface area (Å²) >= 11 is 0. The monoisotopic (exact) mass is 295 g/mol. The van der Waals surface area contributed by atoms with Gasteiger partial charge in [0.2, 0.25) is 5.91 Å². The predicted molar refractivity (Wildman–Crippen MR) is 84.0 cm³/mol. The molecular weight excluding hydrogens is 278 g/mol. The van der Waals surface area contributed by atoms with Crippen LogP contribution in [0.4, 0.5) is 5.69 Å². The molecule has 6 nitrogen and oxygen atoms in total. The van der Waals surface area contributed by atoms with Gasteiger partial charge in [0.05, 0.1) is 17.8 Å². The summed E-state index contributed by atoms with van der Waals surface area (Å²) < 4.78 is 1.77. The van der Waals surface area contributed by atoms with Crippen molar-refractivity contribution < 1.29 is 4.79 Å². The van der Waals surface area contributed by atoms with Crippen molar-refractivity contribution in [1.82, 2.24) is 20.0 Å². The highest BCUT2D eigenvalue weighted by Crippen LogP contribution is 2.14. The molecule has 112 valence electrons. The van der Waals surface area contributed by atoms with Crippen LogP contribution >= 0.6 is 0 Å². The van der Waals surface area contributed by atoms with E-state index in [1.165, 1.54) is 0 Å². The van der Waals surface area contributed by atoms with Gasteiger partial charge in [-0.25, -0.2) is 4.68 Å². The van der Waals surface area contributed by atoms with Crippen LogP contribution < -0.4 is 5.32 Å². The van der Waals surface area contributed by atoms with E-state index in [2.05, 4.69) is 20.6 Å². The highest BCUT2D eigenvalue weighted by atomic mass is 16.1. The van der Waals surface area contributed by atoms with E-state index in [0.717, 1.165) is 28.3 Å². The number of amides is 1. The number of aromatic nitrogens is 4. The van der Waals surface area contributed by atoms with E-state index in [1.54, 1.807) is 10.9 Å². The second-order valence-corrected chi connectivity index (χ2v) is 5.14. The average molecular weight is 295 g/mol. The van der Waals surface area contributed by atoms with Crippen molar-refractivity contribution in [2.75, 3.05) is 5.32 Å². The van der Waals surface area contributed by atoms with Crippen molar-refractivity contribution >= 4 is 11.6 Å². The number of H-pyrrole nitrogens is 1. The number of hydrogen-bond acceptors (Lipinski definition) is 3. The topological polar surface area (TPSA) is 75.6 Å². The zero-order valence-electron chi connectivity index (χ0n) is 12.5. The van der Waals surface area contributed by atoms with E-state index in [1.807, 2.05) is 50.4 Å². The minimum atomic E-state index is -0.0561. The van der Waals surface area contributed by atoms with Gasteiger partial charge < -0.3 is 5.32 Å². The Morgan fingerprint density at radius 2 is 2.05 bits per heavy atom. The standard InChI is InChI=1S/C16H17N5O/c1-11-15(12(2)20-19-11)10-16(22)18-13-4-6-14(7-5-13)21-9-3-8-17-21/h3-9H,10H2,1-2H3,(H,18,22)(H,19,20). The van der Waals surface area contributed by atoms with Crippen molar-refractivity contribution in [3.8, 4) is 5.69 Å². The molecule has 3 aromatic rings. The summed E-state index contributed by atoms with van der Waals surface area (Å²) in [6.45, 7) is 3.81. The summed E-state index contributed by atoms with van der Waals surface area (Å²) in [6, 6.07) is 9.42. The number of nitrogens with zero attached hydrogens (tertiary/aromatic N) is 3. The molecule has 3 rings (SSSR count). The molecule has 0 spiro atoms. The summed E-state index contributed by atoms with van der Waals surface area (Å²) in [4.78, 5) is 12.1. The minimum Gasteiger partial charge on any atom is -0.326 e. The molecule has 0 aliphatic rings. The predicted octanol–water partition coefficient (Wildman–Crippen LogP) is 2.39. The first-order valence-corrected chi connectivity index (χ1v) is 7.04. The summed E-state index contributed by atoms with van der Waals surface area (Å²) in [5, 5.41) is 14.1. The molecule has 0 atom stereocenters. The highest BCUT2D eigenvalue weighted by molar-refractivity contribution is 5.92. The Kier molecular flexibility index (Phi) is 3.74. The Hall–Kier alpha value is -2.89. The molecule has 1 aromatic carbocycles. The van der Waals surface area contributed by atoms with Crippen LogP contribution in [0.5, 0.6) is 0 Å². The maximum Gasteiger partial charge on any atom is 0.228 e. The number of rotatable bonds is 4. The van der Waals surface area contributed by atoms with E-state index in [-0.39, 0.29) is 5.91 Å². The summed E-state index contributed by atoms with van der Waals surface area (Å²) in [5.41, 5.74) is 4.46. The zero-order chi connectivity index (χ0) is 15.5. The van der Waals surface area contributed by atoms with Crippen molar-refractivity contribution in [3.63, 3.8) is 0 Å². The number of hydrogen-bond donors (Lipinski definition) is 2. The Morgan fingerprint density at radius 3 is 2.64 bits per heavy atom. The molecule has 0 saturated heterocycles. The second-order valence-electron chi connectivity index (χ2n) is 5.14. The lowest BCUT2D eigenvalue weighted by Crippen LogP contribution is -2.15. The SMILES string of the molecule is Cc1n[nH]c(C)c1CC(=O)Nc1ccc(-n2cccn2)cc1. The molecule has 22 heavy (non-hydrogen) atoms. The summed E-state index contributed by atoms with van der Waals surface area (Å²) in [5.74, 6) is -0.0561. The summed E-state index contributed by atoms with van der Waals surface area (Å²) in [6.07, 6.45) is 3.92. The number of anilines is 1. The lowest BCUT2D eigenvalue weighted by molar-refractivity contribution is -0.115. The third-order valence-electron chi connectivity index (χ3n) is 3.54. The largest absolute Gasteiger partial charge is 0.326 e. The van der Waals surface area contributed by atoms with Crippen LogP contribution in [0, 0.1) is 13.8 Å². The number of aromatic amines is 1. The lowest BCUT2D eigenvalue weighted by atomic mass is 10.1. The van der Waals surface area contributed by atoms with Gasteiger partial charge >= 0.3 is 0 Å². The van der Waals surface area contributed by atoms with Gasteiger partial charge in [-0.3, -0.25) is 9.89 Å². The Balaban J connectivity index is 1.67. The fraction of sp³-hybridized carbons (Fsp3) is 0.188. The van der Waals surface area contributed by atoms with Gasteiger partial charge in [0.1, 0.15) is 0 Å². The normalized spacial score (nSPS) is 10.6. The zero-order valence-corrected chi connectivity index (χ0v) is 12.5. The van der Waals surface area contributed by atoms with Gasteiger partial charge in [0.25, 0.3) is 0 Å². The van der Waals surface area contributed by atoms with Gasteiger partial charge in [-0.15, -0.1) is 0 Å². The van der Waals surface area contributed by atoms with Gasteiger partial charge in [-0.1, -0.05) is 0 Å². The number of carbonyl (C=O) groups excluding carboxylic acids is 1. The second kappa shape index (κ2) is 5.85. The smallest absolute Gasteiger partial charge is 0.228 e. The molecule has 2 heterocycles. The lowest BCUT2D eigenvalue weighted by Gasteiger charge is -2.07. The average Bonchev–Trinajstić information content (AvgIpc) is 3.14. The maximum atomic E-state index is 12.1. The van der Waals surface area contributed by atoms with E-state index in [9.17, 15) is 4.79 Å². The van der Waals surface area contributed by atoms with Crippen LogP contribution in [0.25, 0.3) is 5.69 Å². The fourth-order valence-electron chi connectivity index (χ4n) is 2.32. The van der Waals surface area contributed by atoms with Crippen molar-refractivity contribution in [2.45, 2.75) is 20.3 Å². The molecule has 2 aromatic heterocycles. The summed E-state index contributed by atoms with van der Waals surface area (Å²) in [7, 11) is 0. The van der Waals surface area contributed by atoms with Crippen molar-refractivity contribution in [3.05, 3.63) is 59.7 Å². The molecule has 6 heteroatoms. The molecule has 0 saturated carbocycles. The first-order chi connectivity index (χ1) is 10.6. The third kappa shape index (κ3) is 2.90. The molecule has 0 fully saturated rings. The number of nitrogens with one attached hydrogen (secondary N) is 2. The van der Waals surface area contributed by atoms with Crippen LogP contribution in [0.2, 0.25) is 0 Å². The van der Waals surface area contributed by atoms with E-state index in [0.29, 0.717) is 6.42 Å². The molecule has 0 aliphatic heterocycles. The number of aryl methyl sites for hydroxylation is 2. The van der Waals surface area contributed by atoms with Crippen LogP contribution in [0.15, 0.2) is 42.7 Å². The van der Waals surface area contributed by atoms with E-state index < -0.39 is 0 Å². The van der Waals surface area contributed by atoms with Crippen molar-refractivity contribution in [1.29, 1.82) is 0 Å². The third-order valence-corrected chi connectivity index (χ3v) is 3.54. The minimum absolute atomic E-state index is 0.0561. The molecule has 0 aliphatic carbocycles. The van der Waals surface area contributed by atoms with E-state index in [4.69, 9.17) is 0 Å². The quantitative estimate of drug-likeness (QED) is 0.776.